The Bertz CT molecular complexity index is 761. The predicted octanol–water partition coefficient (Wildman–Crippen LogP) is 2.96. The van der Waals surface area contributed by atoms with Crippen molar-refractivity contribution >= 4 is 15.7 Å². The average molecular weight is 346 g/mol. The summed E-state index contributed by atoms with van der Waals surface area (Å²) < 4.78 is 32.3. The summed E-state index contributed by atoms with van der Waals surface area (Å²) in [5, 5.41) is 3.43. The van der Waals surface area contributed by atoms with Gasteiger partial charge in [0, 0.05) is 24.8 Å². The van der Waals surface area contributed by atoms with E-state index in [1.807, 2.05) is 30.3 Å². The summed E-state index contributed by atoms with van der Waals surface area (Å²) in [7, 11) is -1.91. The van der Waals surface area contributed by atoms with Crippen molar-refractivity contribution in [1.29, 1.82) is 0 Å². The number of ether oxygens (including phenoxy) is 1. The topological polar surface area (TPSA) is 58.6 Å². The summed E-state index contributed by atoms with van der Waals surface area (Å²) >= 11 is 0. The summed E-state index contributed by atoms with van der Waals surface area (Å²) in [5.41, 5.74) is 1.02. The molecule has 3 rings (SSSR count). The number of hydrogen-bond acceptors (Lipinski definition) is 4. The Balaban J connectivity index is 1.73. The number of nitrogens with zero attached hydrogens (tertiary/aromatic N) is 1. The largest absolute Gasteiger partial charge is 0.497 e. The molecule has 5 nitrogen and oxygen atoms in total. The fourth-order valence-electron chi connectivity index (χ4n) is 2.95. The molecule has 0 aromatic heterocycles. The van der Waals surface area contributed by atoms with Crippen molar-refractivity contribution in [3.05, 3.63) is 54.6 Å². The molecule has 0 radical (unpaired) electrons. The number of benzene rings is 2. The van der Waals surface area contributed by atoms with E-state index in [4.69, 9.17) is 4.74 Å². The maximum atomic E-state index is 12.8. The van der Waals surface area contributed by atoms with Gasteiger partial charge in [0.1, 0.15) is 5.75 Å². The van der Waals surface area contributed by atoms with E-state index in [9.17, 15) is 8.42 Å². The first-order valence-electron chi connectivity index (χ1n) is 8.05. The van der Waals surface area contributed by atoms with Crippen molar-refractivity contribution < 1.29 is 13.2 Å². The van der Waals surface area contributed by atoms with Crippen molar-refractivity contribution in [2.75, 3.05) is 25.5 Å². The summed E-state index contributed by atoms with van der Waals surface area (Å²) in [5.74, 6) is 0.649. The van der Waals surface area contributed by atoms with E-state index in [0.717, 1.165) is 18.5 Å². The first kappa shape index (κ1) is 16.8. The summed E-state index contributed by atoms with van der Waals surface area (Å²) in [6.45, 7) is 1.03. The lowest BCUT2D eigenvalue weighted by Gasteiger charge is -2.33. The van der Waals surface area contributed by atoms with Crippen LogP contribution in [0.5, 0.6) is 5.75 Å². The molecule has 128 valence electrons. The van der Waals surface area contributed by atoms with Gasteiger partial charge in [0.05, 0.1) is 12.0 Å². The van der Waals surface area contributed by atoms with Crippen LogP contribution >= 0.6 is 0 Å². The Labute approximate surface area is 143 Å². The molecule has 0 spiro atoms. The quantitative estimate of drug-likeness (QED) is 0.904. The highest BCUT2D eigenvalue weighted by Crippen LogP contribution is 2.24. The van der Waals surface area contributed by atoms with Gasteiger partial charge in [-0.25, -0.2) is 8.42 Å². The number of para-hydroxylation sites is 1. The van der Waals surface area contributed by atoms with Gasteiger partial charge in [0.2, 0.25) is 10.0 Å². The molecule has 0 aliphatic carbocycles. The Morgan fingerprint density at radius 3 is 2.46 bits per heavy atom. The number of methoxy groups -OCH3 is 1. The third kappa shape index (κ3) is 3.71. The van der Waals surface area contributed by atoms with Crippen LogP contribution in [0.3, 0.4) is 0 Å². The lowest BCUT2D eigenvalue weighted by atomic mass is 10.1. The molecule has 1 heterocycles. The molecule has 2 aromatic carbocycles. The second-order valence-electron chi connectivity index (χ2n) is 5.89. The van der Waals surface area contributed by atoms with E-state index in [1.165, 1.54) is 0 Å². The first-order chi connectivity index (χ1) is 11.6. The minimum absolute atomic E-state index is 0.120. The molecule has 1 saturated heterocycles. The molecule has 1 N–H and O–H groups in total. The molecule has 1 fully saturated rings. The summed E-state index contributed by atoms with van der Waals surface area (Å²) in [6.07, 6.45) is 1.81. The molecule has 0 unspecified atom stereocenters. The maximum Gasteiger partial charge on any atom is 0.243 e. The van der Waals surface area contributed by atoms with Gasteiger partial charge in [-0.3, -0.25) is 0 Å². The van der Waals surface area contributed by atoms with Crippen molar-refractivity contribution in [2.45, 2.75) is 23.8 Å². The smallest absolute Gasteiger partial charge is 0.243 e. The Morgan fingerprint density at radius 1 is 1.08 bits per heavy atom. The van der Waals surface area contributed by atoms with Gasteiger partial charge in [0.25, 0.3) is 0 Å². The van der Waals surface area contributed by atoms with E-state index in [2.05, 4.69) is 5.32 Å². The predicted molar refractivity (Wildman–Crippen MR) is 94.8 cm³/mol. The van der Waals surface area contributed by atoms with Crippen LogP contribution in [0.25, 0.3) is 0 Å². The van der Waals surface area contributed by atoms with Crippen molar-refractivity contribution in [1.82, 2.24) is 4.31 Å². The van der Waals surface area contributed by atoms with Crippen molar-refractivity contribution in [3.63, 3.8) is 0 Å². The zero-order valence-corrected chi connectivity index (χ0v) is 14.5. The van der Waals surface area contributed by atoms with Crippen LogP contribution in [-0.2, 0) is 10.0 Å². The van der Waals surface area contributed by atoms with Gasteiger partial charge in [-0.1, -0.05) is 18.2 Å². The second kappa shape index (κ2) is 7.23. The molecule has 2 aromatic rings. The Hall–Kier alpha value is -2.05. The zero-order chi connectivity index (χ0) is 17.0. The van der Waals surface area contributed by atoms with Crippen molar-refractivity contribution in [2.24, 2.45) is 0 Å². The van der Waals surface area contributed by atoms with Crippen LogP contribution in [-0.4, -0.2) is 39.0 Å². The molecule has 24 heavy (non-hydrogen) atoms. The van der Waals surface area contributed by atoms with Crippen LogP contribution in [0.1, 0.15) is 12.8 Å². The van der Waals surface area contributed by atoms with E-state index in [0.29, 0.717) is 23.7 Å². The zero-order valence-electron chi connectivity index (χ0n) is 13.7. The van der Waals surface area contributed by atoms with Gasteiger partial charge in [-0.15, -0.1) is 0 Å². The van der Waals surface area contributed by atoms with E-state index >= 15 is 0 Å². The van der Waals surface area contributed by atoms with Gasteiger partial charge >= 0.3 is 0 Å². The first-order valence-corrected chi connectivity index (χ1v) is 9.49. The minimum atomic E-state index is -3.47. The van der Waals surface area contributed by atoms with Crippen molar-refractivity contribution in [3.8, 4) is 5.75 Å². The fraction of sp³-hybridized carbons (Fsp3) is 0.333. The normalized spacial score (nSPS) is 19.0. The second-order valence-corrected chi connectivity index (χ2v) is 7.83. The van der Waals surface area contributed by atoms with Gasteiger partial charge in [0.15, 0.2) is 0 Å². The number of anilines is 1. The van der Waals surface area contributed by atoms with Gasteiger partial charge < -0.3 is 10.1 Å². The van der Waals surface area contributed by atoms with Crippen LogP contribution in [0.2, 0.25) is 0 Å². The van der Waals surface area contributed by atoms with Crippen LogP contribution in [0, 0.1) is 0 Å². The average Bonchev–Trinajstić information content (AvgIpc) is 2.63. The van der Waals surface area contributed by atoms with Crippen LogP contribution in [0.4, 0.5) is 5.69 Å². The monoisotopic (exact) mass is 346 g/mol. The molecule has 1 aliphatic rings. The minimum Gasteiger partial charge on any atom is -0.497 e. The highest BCUT2D eigenvalue weighted by molar-refractivity contribution is 7.89. The highest BCUT2D eigenvalue weighted by Gasteiger charge is 2.30. The molecule has 0 saturated carbocycles. The summed E-state index contributed by atoms with van der Waals surface area (Å²) in [4.78, 5) is 0.309. The number of sulfonamides is 1. The highest BCUT2D eigenvalue weighted by atomic mass is 32.2. The standard InChI is InChI=1S/C18H22N2O3S/c1-23-17-9-11-18(12-10-17)24(21,22)20-13-5-8-16(14-20)19-15-6-3-2-4-7-15/h2-4,6-7,9-12,16,19H,5,8,13-14H2,1H3/t16-/m0/s1. The Morgan fingerprint density at radius 2 is 1.79 bits per heavy atom. The third-order valence-corrected chi connectivity index (χ3v) is 6.11. The molecular weight excluding hydrogens is 324 g/mol. The molecule has 0 amide bonds. The summed E-state index contributed by atoms with van der Waals surface area (Å²) in [6, 6.07) is 16.6. The van der Waals surface area contributed by atoms with E-state index in [1.54, 1.807) is 35.7 Å². The van der Waals surface area contributed by atoms with Crippen LogP contribution in [0.15, 0.2) is 59.5 Å². The van der Waals surface area contributed by atoms with Gasteiger partial charge in [-0.2, -0.15) is 4.31 Å². The molecule has 0 bridgehead atoms. The molecule has 1 atom stereocenters. The lowest BCUT2D eigenvalue weighted by Crippen LogP contribution is -2.45. The van der Waals surface area contributed by atoms with E-state index in [-0.39, 0.29) is 6.04 Å². The molecular formula is C18H22N2O3S. The number of rotatable bonds is 5. The van der Waals surface area contributed by atoms with Crippen LogP contribution < -0.4 is 10.1 Å². The fourth-order valence-corrected chi connectivity index (χ4v) is 4.47. The number of piperidine rings is 1. The van der Waals surface area contributed by atoms with Gasteiger partial charge in [-0.05, 0) is 49.2 Å². The van der Waals surface area contributed by atoms with E-state index < -0.39 is 10.0 Å². The number of nitrogens with one attached hydrogen (secondary N) is 1. The molecule has 1 aliphatic heterocycles. The SMILES string of the molecule is COc1ccc(S(=O)(=O)N2CCC[C@H](Nc3ccccc3)C2)cc1. The third-order valence-electron chi connectivity index (χ3n) is 4.23. The number of hydrogen-bond donors (Lipinski definition) is 1. The molecule has 6 heteroatoms. The Kier molecular flexibility index (Phi) is 5.06. The lowest BCUT2D eigenvalue weighted by molar-refractivity contribution is 0.327. The maximum absolute atomic E-state index is 12.8.